The monoisotopic (exact) mass is 466 g/mol. The zero-order valence-corrected chi connectivity index (χ0v) is 16.9. The van der Waals surface area contributed by atoms with Gasteiger partial charge in [0.05, 0.1) is 0 Å². The predicted octanol–water partition coefficient (Wildman–Crippen LogP) is 5.85. The Bertz CT molecular complexity index is 1200. The molecule has 0 spiro atoms. The largest absolute Gasteiger partial charge is 0.507 e. The van der Waals surface area contributed by atoms with E-state index < -0.39 is 45.9 Å². The van der Waals surface area contributed by atoms with Gasteiger partial charge in [-0.1, -0.05) is 35.5 Å². The Kier molecular flexibility index (Phi) is 5.63. The number of carbonyl (C=O) groups excluding carboxylic acids is 1. The molecule has 1 aliphatic heterocycles. The van der Waals surface area contributed by atoms with Gasteiger partial charge in [-0.3, -0.25) is 4.79 Å². The summed E-state index contributed by atoms with van der Waals surface area (Å²) in [6, 6.07) is 10.4. The molecule has 3 aromatic rings. The molecule has 4 rings (SSSR count). The second kappa shape index (κ2) is 8.24. The normalized spacial score (nSPS) is 15.8. The molecule has 10 heteroatoms. The predicted molar refractivity (Wildman–Crippen MR) is 109 cm³/mol. The summed E-state index contributed by atoms with van der Waals surface area (Å²) in [6.45, 7) is 0. The average Bonchev–Trinajstić information content (AvgIpc) is 3.12. The molecule has 0 saturated heterocycles. The highest BCUT2D eigenvalue weighted by Crippen LogP contribution is 2.45. The first-order valence-corrected chi connectivity index (χ1v) is 9.98. The van der Waals surface area contributed by atoms with Gasteiger partial charge in [-0.25, -0.2) is 22.6 Å². The van der Waals surface area contributed by atoms with E-state index in [9.17, 15) is 27.5 Å². The minimum absolute atomic E-state index is 0.0930. The number of benzene rings is 3. The van der Waals surface area contributed by atoms with Crippen molar-refractivity contribution in [3.63, 3.8) is 0 Å². The maximum absolute atomic E-state index is 14.2. The number of carbonyl (C=O) groups is 1. The van der Waals surface area contributed by atoms with Crippen LogP contribution in [0.2, 0.25) is 5.02 Å². The van der Waals surface area contributed by atoms with Crippen LogP contribution in [0.3, 0.4) is 0 Å². The molecule has 0 fully saturated rings. The van der Waals surface area contributed by atoms with Crippen LogP contribution in [-0.2, 0) is 0 Å². The van der Waals surface area contributed by atoms with Gasteiger partial charge in [0.1, 0.15) is 45.0 Å². The second-order valence-electron chi connectivity index (χ2n) is 6.48. The number of phenolic OH excluding ortho intramolecular Hbond substituents is 1. The SMILES string of the molecule is O=C(c1c(F)cc(F)cc1F)N1N=C(c2ccc(Cl)cc2)SC1c1ccc(F)cc1O. The molecule has 31 heavy (non-hydrogen) atoms. The first kappa shape index (κ1) is 21.2. The minimum atomic E-state index is -1.40. The van der Waals surface area contributed by atoms with Crippen molar-refractivity contribution in [2.45, 2.75) is 5.37 Å². The fraction of sp³-hybridized carbons (Fsp3) is 0.0476. The molecule has 4 nitrogen and oxygen atoms in total. The molecule has 158 valence electrons. The van der Waals surface area contributed by atoms with E-state index in [2.05, 4.69) is 5.10 Å². The Hall–Kier alpha value is -3.04. The van der Waals surface area contributed by atoms with Crippen molar-refractivity contribution in [1.82, 2.24) is 5.01 Å². The van der Waals surface area contributed by atoms with Crippen LogP contribution in [0.5, 0.6) is 5.75 Å². The Morgan fingerprint density at radius 3 is 2.23 bits per heavy atom. The molecule has 1 heterocycles. The molecule has 0 saturated carbocycles. The van der Waals surface area contributed by atoms with Crippen LogP contribution in [0.15, 0.2) is 59.7 Å². The summed E-state index contributed by atoms with van der Waals surface area (Å²) in [7, 11) is 0. The lowest BCUT2D eigenvalue weighted by molar-refractivity contribution is 0.0738. The van der Waals surface area contributed by atoms with E-state index in [-0.39, 0.29) is 5.56 Å². The molecule has 1 N–H and O–H groups in total. The van der Waals surface area contributed by atoms with Crippen LogP contribution in [-0.4, -0.2) is 21.1 Å². The van der Waals surface area contributed by atoms with Crippen molar-refractivity contribution >= 4 is 34.3 Å². The van der Waals surface area contributed by atoms with Gasteiger partial charge in [0.2, 0.25) is 0 Å². The van der Waals surface area contributed by atoms with Crippen LogP contribution < -0.4 is 0 Å². The van der Waals surface area contributed by atoms with Crippen LogP contribution in [0.1, 0.15) is 26.9 Å². The number of rotatable bonds is 3. The number of hydrogen-bond acceptors (Lipinski definition) is 4. The van der Waals surface area contributed by atoms with Crippen molar-refractivity contribution in [2.24, 2.45) is 5.10 Å². The number of aromatic hydroxyl groups is 1. The number of phenols is 1. The fourth-order valence-electron chi connectivity index (χ4n) is 2.98. The van der Waals surface area contributed by atoms with E-state index >= 15 is 0 Å². The maximum atomic E-state index is 14.2. The topological polar surface area (TPSA) is 52.9 Å². The first-order valence-electron chi connectivity index (χ1n) is 8.72. The third kappa shape index (κ3) is 4.11. The van der Waals surface area contributed by atoms with Gasteiger partial charge in [0.25, 0.3) is 5.91 Å². The average molecular weight is 467 g/mol. The molecular weight excluding hydrogens is 456 g/mol. The standard InChI is InChI=1S/C21H11ClF4N2O2S/c22-11-3-1-10(2-4-11)19-27-28(20(30)18-15(25)7-13(24)8-16(18)26)21(31-19)14-6-5-12(23)9-17(14)29/h1-9,21,29H. The smallest absolute Gasteiger partial charge is 0.281 e. The number of thioether (sulfide) groups is 1. The lowest BCUT2D eigenvalue weighted by Gasteiger charge is -2.22. The highest BCUT2D eigenvalue weighted by atomic mass is 35.5. The Labute approximate surface area is 182 Å². The first-order chi connectivity index (χ1) is 14.7. The number of hydrogen-bond donors (Lipinski definition) is 1. The molecule has 3 aromatic carbocycles. The Balaban J connectivity index is 1.81. The summed E-state index contributed by atoms with van der Waals surface area (Å²) in [4.78, 5) is 13.0. The van der Waals surface area contributed by atoms with E-state index in [4.69, 9.17) is 11.6 Å². The lowest BCUT2D eigenvalue weighted by Crippen LogP contribution is -2.28. The van der Waals surface area contributed by atoms with Crippen LogP contribution in [0.4, 0.5) is 17.6 Å². The molecule has 1 unspecified atom stereocenters. The van der Waals surface area contributed by atoms with Gasteiger partial charge < -0.3 is 5.11 Å². The van der Waals surface area contributed by atoms with Crippen LogP contribution >= 0.6 is 23.4 Å². The fourth-order valence-corrected chi connectivity index (χ4v) is 4.30. The second-order valence-corrected chi connectivity index (χ2v) is 7.98. The van der Waals surface area contributed by atoms with Crippen LogP contribution in [0, 0.1) is 23.3 Å². The molecule has 1 amide bonds. The molecule has 0 radical (unpaired) electrons. The van der Waals surface area contributed by atoms with Gasteiger partial charge in [-0.15, -0.1) is 0 Å². The summed E-state index contributed by atoms with van der Waals surface area (Å²) in [5.74, 6) is -6.35. The summed E-state index contributed by atoms with van der Waals surface area (Å²) >= 11 is 6.89. The van der Waals surface area contributed by atoms with Gasteiger partial charge in [0, 0.05) is 34.3 Å². The van der Waals surface area contributed by atoms with Gasteiger partial charge >= 0.3 is 0 Å². The molecular formula is C21H11ClF4N2O2S. The van der Waals surface area contributed by atoms with Crippen molar-refractivity contribution in [3.05, 3.63) is 99.6 Å². The number of nitrogens with zero attached hydrogens (tertiary/aromatic N) is 2. The lowest BCUT2D eigenvalue weighted by atomic mass is 10.1. The molecule has 0 aromatic heterocycles. The number of hydrazone groups is 1. The van der Waals surface area contributed by atoms with Crippen molar-refractivity contribution < 1.29 is 27.5 Å². The molecule has 1 atom stereocenters. The van der Waals surface area contributed by atoms with E-state index in [1.807, 2.05) is 0 Å². The summed E-state index contributed by atoms with van der Waals surface area (Å²) in [5.41, 5.74) is -0.360. The molecule has 1 aliphatic rings. The third-order valence-electron chi connectivity index (χ3n) is 4.42. The zero-order chi connectivity index (χ0) is 22.3. The van der Waals surface area contributed by atoms with Crippen molar-refractivity contribution in [2.75, 3.05) is 0 Å². The maximum Gasteiger partial charge on any atom is 0.281 e. The van der Waals surface area contributed by atoms with E-state index in [0.29, 0.717) is 27.8 Å². The van der Waals surface area contributed by atoms with Gasteiger partial charge in [0.15, 0.2) is 0 Å². The van der Waals surface area contributed by atoms with Crippen molar-refractivity contribution in [1.29, 1.82) is 0 Å². The zero-order valence-electron chi connectivity index (χ0n) is 15.3. The quantitative estimate of drug-likeness (QED) is 0.492. The highest BCUT2D eigenvalue weighted by Gasteiger charge is 2.38. The Morgan fingerprint density at radius 1 is 0.968 bits per heavy atom. The summed E-state index contributed by atoms with van der Waals surface area (Å²) in [6.07, 6.45) is 0. The molecule has 0 bridgehead atoms. The van der Waals surface area contributed by atoms with Gasteiger partial charge in [-0.2, -0.15) is 5.10 Å². The van der Waals surface area contributed by atoms with Crippen molar-refractivity contribution in [3.8, 4) is 5.75 Å². The van der Waals surface area contributed by atoms with Gasteiger partial charge in [-0.05, 0) is 24.3 Å². The highest BCUT2D eigenvalue weighted by molar-refractivity contribution is 8.14. The number of amides is 1. The van der Waals surface area contributed by atoms with Crippen LogP contribution in [0.25, 0.3) is 0 Å². The summed E-state index contributed by atoms with van der Waals surface area (Å²) < 4.78 is 55.2. The van der Waals surface area contributed by atoms with E-state index in [1.165, 1.54) is 6.07 Å². The third-order valence-corrected chi connectivity index (χ3v) is 5.89. The minimum Gasteiger partial charge on any atom is -0.507 e. The van der Waals surface area contributed by atoms with E-state index in [0.717, 1.165) is 28.9 Å². The van der Waals surface area contributed by atoms with E-state index in [1.54, 1.807) is 24.3 Å². The Morgan fingerprint density at radius 2 is 1.61 bits per heavy atom. The summed E-state index contributed by atoms with van der Waals surface area (Å²) in [5, 5.41) is 14.8. The molecule has 0 aliphatic carbocycles. The number of halogens is 5.